The number of benzene rings is 1. The van der Waals surface area contributed by atoms with Crippen LogP contribution in [0.3, 0.4) is 0 Å². The minimum Gasteiger partial charge on any atom is -0.301 e. The Balaban J connectivity index is 2.43. The van der Waals surface area contributed by atoms with Crippen LogP contribution in [0.5, 0.6) is 0 Å². The molecule has 0 bridgehead atoms. The van der Waals surface area contributed by atoms with E-state index in [1.54, 1.807) is 0 Å². The Morgan fingerprint density at radius 2 is 1.87 bits per heavy atom. The molecule has 0 radical (unpaired) electrons. The van der Waals surface area contributed by atoms with Gasteiger partial charge in [0, 0.05) is 5.56 Å². The summed E-state index contributed by atoms with van der Waals surface area (Å²) in [6, 6.07) is 3.79. The average molecular weight is 215 g/mol. The van der Waals surface area contributed by atoms with Gasteiger partial charge in [-0.15, -0.1) is 0 Å². The number of rotatable bonds is 5. The summed E-state index contributed by atoms with van der Waals surface area (Å²) in [7, 11) is 0. The second kappa shape index (κ2) is 5.78. The van der Waals surface area contributed by atoms with Crippen molar-refractivity contribution >= 4 is 0 Å². The van der Waals surface area contributed by atoms with Crippen molar-refractivity contribution in [3.05, 3.63) is 35.4 Å². The standard InChI is InChI=1S/C11H15F2NO/c1-8(2)7-15-14-6-9-10(12)4-3-5-11(9)13/h3-5,8,14H,6-7H2,1-2H3. The molecule has 0 aromatic heterocycles. The summed E-state index contributed by atoms with van der Waals surface area (Å²) in [6.45, 7) is 4.53. The summed E-state index contributed by atoms with van der Waals surface area (Å²) in [5, 5.41) is 0. The SMILES string of the molecule is CC(C)CONCc1c(F)cccc1F. The Labute approximate surface area is 88.2 Å². The highest BCUT2D eigenvalue weighted by Gasteiger charge is 2.07. The van der Waals surface area contributed by atoms with Gasteiger partial charge in [-0.05, 0) is 18.1 Å². The molecular formula is C11H15F2NO. The van der Waals surface area contributed by atoms with Crippen molar-refractivity contribution in [2.75, 3.05) is 6.61 Å². The van der Waals surface area contributed by atoms with Gasteiger partial charge in [-0.25, -0.2) is 8.78 Å². The predicted molar refractivity (Wildman–Crippen MR) is 54.0 cm³/mol. The summed E-state index contributed by atoms with van der Waals surface area (Å²) in [4.78, 5) is 5.03. The Kier molecular flexibility index (Phi) is 4.65. The van der Waals surface area contributed by atoms with Gasteiger partial charge in [0.25, 0.3) is 0 Å². The van der Waals surface area contributed by atoms with Crippen molar-refractivity contribution in [2.24, 2.45) is 5.92 Å². The van der Waals surface area contributed by atoms with E-state index in [-0.39, 0.29) is 12.1 Å². The third-order valence-corrected chi connectivity index (χ3v) is 1.83. The Bertz CT molecular complexity index is 295. The lowest BCUT2D eigenvalue weighted by Gasteiger charge is -2.09. The van der Waals surface area contributed by atoms with E-state index < -0.39 is 11.6 Å². The molecule has 0 saturated carbocycles. The molecule has 0 aliphatic carbocycles. The molecule has 1 rings (SSSR count). The maximum absolute atomic E-state index is 13.1. The lowest BCUT2D eigenvalue weighted by molar-refractivity contribution is 0.0186. The molecule has 0 heterocycles. The topological polar surface area (TPSA) is 21.3 Å². The first kappa shape index (κ1) is 12.1. The van der Waals surface area contributed by atoms with Crippen molar-refractivity contribution < 1.29 is 13.6 Å². The molecule has 1 aromatic rings. The molecule has 0 fully saturated rings. The summed E-state index contributed by atoms with van der Waals surface area (Å²) in [5.41, 5.74) is 2.54. The molecule has 1 aromatic carbocycles. The molecule has 1 N–H and O–H groups in total. The van der Waals surface area contributed by atoms with E-state index in [1.807, 2.05) is 13.8 Å². The van der Waals surface area contributed by atoms with E-state index in [4.69, 9.17) is 4.84 Å². The summed E-state index contributed by atoms with van der Waals surface area (Å²) < 4.78 is 26.2. The summed E-state index contributed by atoms with van der Waals surface area (Å²) >= 11 is 0. The van der Waals surface area contributed by atoms with Gasteiger partial charge >= 0.3 is 0 Å². The Morgan fingerprint density at radius 1 is 1.27 bits per heavy atom. The molecule has 0 saturated heterocycles. The summed E-state index contributed by atoms with van der Waals surface area (Å²) in [5.74, 6) is -0.741. The maximum Gasteiger partial charge on any atom is 0.130 e. The quantitative estimate of drug-likeness (QED) is 0.602. The number of hydrogen-bond acceptors (Lipinski definition) is 2. The number of nitrogens with one attached hydrogen (secondary N) is 1. The first-order chi connectivity index (χ1) is 7.11. The van der Waals surface area contributed by atoms with E-state index in [0.29, 0.717) is 12.5 Å². The molecule has 0 aliphatic heterocycles. The smallest absolute Gasteiger partial charge is 0.130 e. The minimum absolute atomic E-state index is 0.00116. The van der Waals surface area contributed by atoms with Crippen molar-refractivity contribution in [1.29, 1.82) is 0 Å². The highest BCUT2D eigenvalue weighted by molar-refractivity contribution is 5.19. The van der Waals surface area contributed by atoms with Crippen LogP contribution in [-0.4, -0.2) is 6.61 Å². The van der Waals surface area contributed by atoms with Crippen LogP contribution in [-0.2, 0) is 11.4 Å². The number of halogens is 2. The predicted octanol–water partition coefficient (Wildman–Crippen LogP) is 2.64. The van der Waals surface area contributed by atoms with E-state index in [9.17, 15) is 8.78 Å². The van der Waals surface area contributed by atoms with Gasteiger partial charge in [-0.3, -0.25) is 0 Å². The van der Waals surface area contributed by atoms with Crippen LogP contribution >= 0.6 is 0 Å². The van der Waals surface area contributed by atoms with E-state index in [0.717, 1.165) is 0 Å². The Hall–Kier alpha value is -1.00. The molecule has 2 nitrogen and oxygen atoms in total. The highest BCUT2D eigenvalue weighted by atomic mass is 19.1. The van der Waals surface area contributed by atoms with Crippen LogP contribution in [0.2, 0.25) is 0 Å². The van der Waals surface area contributed by atoms with E-state index >= 15 is 0 Å². The molecular weight excluding hydrogens is 200 g/mol. The lowest BCUT2D eigenvalue weighted by atomic mass is 10.2. The molecule has 0 amide bonds. The van der Waals surface area contributed by atoms with Crippen molar-refractivity contribution in [2.45, 2.75) is 20.4 Å². The first-order valence-corrected chi connectivity index (χ1v) is 4.88. The fourth-order valence-corrected chi connectivity index (χ4v) is 1.05. The molecule has 15 heavy (non-hydrogen) atoms. The van der Waals surface area contributed by atoms with E-state index in [1.165, 1.54) is 18.2 Å². The zero-order chi connectivity index (χ0) is 11.3. The van der Waals surface area contributed by atoms with Gasteiger partial charge in [0.05, 0.1) is 13.2 Å². The lowest BCUT2D eigenvalue weighted by Crippen LogP contribution is -2.18. The largest absolute Gasteiger partial charge is 0.301 e. The van der Waals surface area contributed by atoms with Gasteiger partial charge in [-0.2, -0.15) is 5.48 Å². The third kappa shape index (κ3) is 3.93. The molecule has 0 aliphatic rings. The average Bonchev–Trinajstić information content (AvgIpc) is 2.15. The third-order valence-electron chi connectivity index (χ3n) is 1.83. The number of hydroxylamine groups is 1. The first-order valence-electron chi connectivity index (χ1n) is 4.88. The van der Waals surface area contributed by atoms with Crippen LogP contribution in [0.25, 0.3) is 0 Å². The normalized spacial score (nSPS) is 11.0. The molecule has 4 heteroatoms. The zero-order valence-electron chi connectivity index (χ0n) is 8.89. The maximum atomic E-state index is 13.1. The van der Waals surface area contributed by atoms with Gasteiger partial charge in [0.15, 0.2) is 0 Å². The fourth-order valence-electron chi connectivity index (χ4n) is 1.05. The second-order valence-electron chi connectivity index (χ2n) is 3.73. The Morgan fingerprint density at radius 3 is 2.40 bits per heavy atom. The zero-order valence-corrected chi connectivity index (χ0v) is 8.89. The fraction of sp³-hybridized carbons (Fsp3) is 0.455. The van der Waals surface area contributed by atoms with Crippen molar-refractivity contribution in [3.8, 4) is 0 Å². The van der Waals surface area contributed by atoms with Crippen molar-refractivity contribution in [3.63, 3.8) is 0 Å². The van der Waals surface area contributed by atoms with Gasteiger partial charge < -0.3 is 4.84 Å². The molecule has 84 valence electrons. The minimum atomic E-state index is -0.560. The molecule has 0 unspecified atom stereocenters. The van der Waals surface area contributed by atoms with Crippen LogP contribution in [0, 0.1) is 17.6 Å². The monoisotopic (exact) mass is 215 g/mol. The van der Waals surface area contributed by atoms with Crippen LogP contribution < -0.4 is 5.48 Å². The summed E-state index contributed by atoms with van der Waals surface area (Å²) in [6.07, 6.45) is 0. The van der Waals surface area contributed by atoms with Crippen LogP contribution in [0.4, 0.5) is 8.78 Å². The van der Waals surface area contributed by atoms with Gasteiger partial charge in [-0.1, -0.05) is 19.9 Å². The molecule has 0 spiro atoms. The second-order valence-corrected chi connectivity index (χ2v) is 3.73. The molecule has 0 atom stereocenters. The highest BCUT2D eigenvalue weighted by Crippen LogP contribution is 2.11. The van der Waals surface area contributed by atoms with Crippen molar-refractivity contribution in [1.82, 2.24) is 5.48 Å². The van der Waals surface area contributed by atoms with E-state index in [2.05, 4.69) is 5.48 Å². The van der Waals surface area contributed by atoms with Crippen LogP contribution in [0.1, 0.15) is 19.4 Å². The van der Waals surface area contributed by atoms with Crippen LogP contribution in [0.15, 0.2) is 18.2 Å². The number of hydrogen-bond donors (Lipinski definition) is 1. The van der Waals surface area contributed by atoms with Gasteiger partial charge in [0.2, 0.25) is 0 Å². The van der Waals surface area contributed by atoms with Gasteiger partial charge in [0.1, 0.15) is 11.6 Å².